The predicted molar refractivity (Wildman–Crippen MR) is 102 cm³/mol. The van der Waals surface area contributed by atoms with E-state index in [0.29, 0.717) is 11.4 Å². The first-order chi connectivity index (χ1) is 12.4. The third-order valence-electron chi connectivity index (χ3n) is 3.88. The predicted octanol–water partition coefficient (Wildman–Crippen LogP) is 3.82. The lowest BCUT2D eigenvalue weighted by molar-refractivity contribution is -0.142. The van der Waals surface area contributed by atoms with E-state index < -0.39 is 5.97 Å². The number of nitrogens with one attached hydrogen (secondary N) is 1. The Bertz CT molecular complexity index is 840. The Kier molecular flexibility index (Phi) is 6.55. The number of methoxy groups -OCH3 is 1. The van der Waals surface area contributed by atoms with Crippen LogP contribution in [-0.2, 0) is 14.3 Å². The standard InChI is InChI=1S/C21H23NO4/c1-14-5-6-17(15(2)11-14)7-10-20(23)22-19-9-8-18(12-16(19)3)26-13-21(24)25-4/h5-12H,13H2,1-4H3,(H,22,23)/b10-7+. The van der Waals surface area contributed by atoms with Gasteiger partial charge >= 0.3 is 5.97 Å². The van der Waals surface area contributed by atoms with E-state index in [1.807, 2.05) is 32.9 Å². The highest BCUT2D eigenvalue weighted by atomic mass is 16.6. The van der Waals surface area contributed by atoms with Crippen LogP contribution in [0.2, 0.25) is 0 Å². The first-order valence-electron chi connectivity index (χ1n) is 8.25. The Balaban J connectivity index is 2.00. The molecule has 0 spiro atoms. The van der Waals surface area contributed by atoms with Crippen molar-refractivity contribution < 1.29 is 19.1 Å². The van der Waals surface area contributed by atoms with Crippen LogP contribution in [-0.4, -0.2) is 25.6 Å². The molecule has 1 N–H and O–H groups in total. The summed E-state index contributed by atoms with van der Waals surface area (Å²) in [5, 5.41) is 2.84. The van der Waals surface area contributed by atoms with Crippen LogP contribution >= 0.6 is 0 Å². The van der Waals surface area contributed by atoms with Gasteiger partial charge in [0.15, 0.2) is 6.61 Å². The molecule has 26 heavy (non-hydrogen) atoms. The molecule has 0 heterocycles. The Morgan fingerprint density at radius 1 is 1.04 bits per heavy atom. The van der Waals surface area contributed by atoms with Crippen LogP contribution in [0.5, 0.6) is 5.75 Å². The van der Waals surface area contributed by atoms with E-state index in [4.69, 9.17) is 4.74 Å². The molecule has 0 aliphatic heterocycles. The smallest absolute Gasteiger partial charge is 0.343 e. The molecule has 0 atom stereocenters. The number of esters is 1. The third kappa shape index (κ3) is 5.48. The molecule has 0 saturated carbocycles. The summed E-state index contributed by atoms with van der Waals surface area (Å²) >= 11 is 0. The number of carbonyl (C=O) groups excluding carboxylic acids is 2. The number of amides is 1. The Morgan fingerprint density at radius 2 is 1.81 bits per heavy atom. The quantitative estimate of drug-likeness (QED) is 0.633. The summed E-state index contributed by atoms with van der Waals surface area (Å²) in [5.74, 6) is -0.121. The average molecular weight is 353 g/mol. The lowest BCUT2D eigenvalue weighted by atomic mass is 10.1. The van der Waals surface area contributed by atoms with E-state index in [1.54, 1.807) is 24.3 Å². The molecular formula is C21H23NO4. The number of benzene rings is 2. The molecule has 0 aromatic heterocycles. The van der Waals surface area contributed by atoms with Gasteiger partial charge in [-0.1, -0.05) is 23.8 Å². The van der Waals surface area contributed by atoms with Gasteiger partial charge in [-0.25, -0.2) is 4.79 Å². The van der Waals surface area contributed by atoms with Crippen molar-refractivity contribution in [1.82, 2.24) is 0 Å². The van der Waals surface area contributed by atoms with Crippen molar-refractivity contribution in [3.8, 4) is 5.75 Å². The van der Waals surface area contributed by atoms with Crippen LogP contribution in [0.4, 0.5) is 5.69 Å². The van der Waals surface area contributed by atoms with Gasteiger partial charge in [0.1, 0.15) is 5.75 Å². The first kappa shape index (κ1) is 19.2. The maximum absolute atomic E-state index is 12.2. The van der Waals surface area contributed by atoms with Gasteiger partial charge in [0.2, 0.25) is 5.91 Å². The number of anilines is 1. The highest BCUT2D eigenvalue weighted by Gasteiger charge is 2.06. The zero-order valence-electron chi connectivity index (χ0n) is 15.5. The Labute approximate surface area is 153 Å². The summed E-state index contributed by atoms with van der Waals surface area (Å²) in [5.41, 5.74) is 4.84. The second kappa shape index (κ2) is 8.85. The van der Waals surface area contributed by atoms with Crippen molar-refractivity contribution in [2.24, 2.45) is 0 Å². The fraction of sp³-hybridized carbons (Fsp3) is 0.238. The van der Waals surface area contributed by atoms with E-state index in [9.17, 15) is 9.59 Å². The van der Waals surface area contributed by atoms with E-state index in [0.717, 1.165) is 16.7 Å². The molecule has 0 aliphatic carbocycles. The Morgan fingerprint density at radius 3 is 2.46 bits per heavy atom. The zero-order valence-corrected chi connectivity index (χ0v) is 15.5. The summed E-state index contributed by atoms with van der Waals surface area (Å²) in [7, 11) is 1.31. The topological polar surface area (TPSA) is 64.6 Å². The highest BCUT2D eigenvalue weighted by Crippen LogP contribution is 2.21. The van der Waals surface area contributed by atoms with Gasteiger partial charge in [-0.05, 0) is 61.7 Å². The fourth-order valence-corrected chi connectivity index (χ4v) is 2.42. The molecule has 0 unspecified atom stereocenters. The zero-order chi connectivity index (χ0) is 19.1. The first-order valence-corrected chi connectivity index (χ1v) is 8.25. The van der Waals surface area contributed by atoms with Crippen molar-refractivity contribution in [2.75, 3.05) is 19.0 Å². The van der Waals surface area contributed by atoms with E-state index in [-0.39, 0.29) is 12.5 Å². The molecule has 0 aliphatic rings. The van der Waals surface area contributed by atoms with Crippen LogP contribution in [0.3, 0.4) is 0 Å². The number of rotatable bonds is 6. The average Bonchev–Trinajstić information content (AvgIpc) is 2.61. The largest absolute Gasteiger partial charge is 0.482 e. The van der Waals surface area contributed by atoms with Gasteiger partial charge in [0.05, 0.1) is 7.11 Å². The monoisotopic (exact) mass is 353 g/mol. The summed E-state index contributed by atoms with van der Waals surface area (Å²) in [6.45, 7) is 5.76. The number of ether oxygens (including phenoxy) is 2. The number of hydrogen-bond donors (Lipinski definition) is 1. The molecule has 0 fully saturated rings. The van der Waals surface area contributed by atoms with Crippen LogP contribution in [0.1, 0.15) is 22.3 Å². The van der Waals surface area contributed by atoms with Crippen molar-refractivity contribution in [2.45, 2.75) is 20.8 Å². The van der Waals surface area contributed by atoms with Crippen molar-refractivity contribution in [1.29, 1.82) is 0 Å². The van der Waals surface area contributed by atoms with E-state index in [2.05, 4.69) is 16.1 Å². The molecule has 2 aromatic carbocycles. The molecule has 2 rings (SSSR count). The summed E-state index contributed by atoms with van der Waals surface area (Å²) in [4.78, 5) is 23.3. The second-order valence-corrected chi connectivity index (χ2v) is 6.02. The lowest BCUT2D eigenvalue weighted by Crippen LogP contribution is -2.13. The van der Waals surface area contributed by atoms with E-state index >= 15 is 0 Å². The van der Waals surface area contributed by atoms with Crippen molar-refractivity contribution in [3.05, 3.63) is 64.7 Å². The van der Waals surface area contributed by atoms with Crippen LogP contribution < -0.4 is 10.1 Å². The van der Waals surface area contributed by atoms with Gasteiger partial charge in [-0.2, -0.15) is 0 Å². The molecule has 0 radical (unpaired) electrons. The maximum Gasteiger partial charge on any atom is 0.343 e. The van der Waals surface area contributed by atoms with Crippen LogP contribution in [0, 0.1) is 20.8 Å². The number of hydrogen-bond acceptors (Lipinski definition) is 4. The normalized spacial score (nSPS) is 10.6. The highest BCUT2D eigenvalue weighted by molar-refractivity contribution is 6.02. The minimum atomic E-state index is -0.448. The van der Waals surface area contributed by atoms with Crippen LogP contribution in [0.15, 0.2) is 42.5 Å². The molecule has 0 bridgehead atoms. The number of carbonyl (C=O) groups is 2. The summed E-state index contributed by atoms with van der Waals surface area (Å²) in [6.07, 6.45) is 3.31. The molecule has 136 valence electrons. The summed E-state index contributed by atoms with van der Waals surface area (Å²) < 4.78 is 9.85. The van der Waals surface area contributed by atoms with Gasteiger partial charge in [0, 0.05) is 11.8 Å². The molecule has 5 nitrogen and oxygen atoms in total. The van der Waals surface area contributed by atoms with Gasteiger partial charge in [-0.15, -0.1) is 0 Å². The molecule has 0 saturated heterocycles. The van der Waals surface area contributed by atoms with Crippen LogP contribution in [0.25, 0.3) is 6.08 Å². The number of aryl methyl sites for hydroxylation is 3. The third-order valence-corrected chi connectivity index (χ3v) is 3.88. The second-order valence-electron chi connectivity index (χ2n) is 6.02. The Hall–Kier alpha value is -3.08. The molecule has 5 heteroatoms. The minimum absolute atomic E-state index is 0.152. The van der Waals surface area contributed by atoms with Gasteiger partial charge in [0.25, 0.3) is 0 Å². The minimum Gasteiger partial charge on any atom is -0.482 e. The molecule has 2 aromatic rings. The van der Waals surface area contributed by atoms with Crippen molar-refractivity contribution >= 4 is 23.6 Å². The molecule has 1 amide bonds. The SMILES string of the molecule is COC(=O)COc1ccc(NC(=O)/C=C/c2ccc(C)cc2C)c(C)c1. The molecular weight excluding hydrogens is 330 g/mol. The lowest BCUT2D eigenvalue weighted by Gasteiger charge is -2.10. The fourth-order valence-electron chi connectivity index (χ4n) is 2.42. The van der Waals surface area contributed by atoms with Crippen molar-refractivity contribution in [3.63, 3.8) is 0 Å². The van der Waals surface area contributed by atoms with E-state index in [1.165, 1.54) is 18.7 Å². The maximum atomic E-state index is 12.2. The van der Waals surface area contributed by atoms with Gasteiger partial charge in [-0.3, -0.25) is 4.79 Å². The van der Waals surface area contributed by atoms with Gasteiger partial charge < -0.3 is 14.8 Å². The summed E-state index contributed by atoms with van der Waals surface area (Å²) in [6, 6.07) is 11.3.